The second-order valence-electron chi connectivity index (χ2n) is 5.29. The maximum Gasteiger partial charge on any atom is 0.335 e. The minimum absolute atomic E-state index is 0.0218. The van der Waals surface area contributed by atoms with Gasteiger partial charge >= 0.3 is 5.97 Å². The van der Waals surface area contributed by atoms with Gasteiger partial charge in [0.1, 0.15) is 5.82 Å². The van der Waals surface area contributed by atoms with E-state index in [9.17, 15) is 9.18 Å². The molecule has 4 heteroatoms. The molecule has 0 amide bonds. The normalized spacial score (nSPS) is 17.1. The Bertz CT molecular complexity index is 684. The maximum atomic E-state index is 13.9. The average molecular weight is 285 g/mol. The van der Waals surface area contributed by atoms with E-state index in [0.29, 0.717) is 0 Å². The highest BCUT2D eigenvalue weighted by Crippen LogP contribution is 2.33. The standard InChI is InChI=1S/C17H16FNO2/c18-14-9-8-12(17(20)21)10-16(14)19-15-7-3-5-11-4-1-2-6-13(11)15/h1-2,4,6,8-10,15,19H,3,5,7H2,(H,20,21). The summed E-state index contributed by atoms with van der Waals surface area (Å²) in [5, 5.41) is 12.2. The molecule has 1 aliphatic rings. The molecule has 2 aromatic rings. The summed E-state index contributed by atoms with van der Waals surface area (Å²) in [7, 11) is 0. The first-order chi connectivity index (χ1) is 10.1. The molecule has 1 aliphatic carbocycles. The number of carbonyl (C=O) groups is 1. The van der Waals surface area contributed by atoms with Crippen LogP contribution in [0.1, 0.15) is 40.4 Å². The van der Waals surface area contributed by atoms with E-state index in [1.807, 2.05) is 18.2 Å². The fourth-order valence-corrected chi connectivity index (χ4v) is 2.86. The summed E-state index contributed by atoms with van der Waals surface area (Å²) < 4.78 is 13.9. The zero-order chi connectivity index (χ0) is 14.8. The molecule has 0 bridgehead atoms. The number of fused-ring (bicyclic) bond motifs is 1. The van der Waals surface area contributed by atoms with Gasteiger partial charge in [0.2, 0.25) is 0 Å². The SMILES string of the molecule is O=C(O)c1ccc(F)c(NC2CCCc3ccccc32)c1. The Balaban J connectivity index is 1.91. The molecule has 0 aliphatic heterocycles. The van der Waals surface area contributed by atoms with Gasteiger partial charge in [-0.2, -0.15) is 0 Å². The lowest BCUT2D eigenvalue weighted by molar-refractivity contribution is 0.0697. The van der Waals surface area contributed by atoms with Crippen LogP contribution in [0.15, 0.2) is 42.5 Å². The highest BCUT2D eigenvalue weighted by atomic mass is 19.1. The van der Waals surface area contributed by atoms with Crippen molar-refractivity contribution in [1.29, 1.82) is 0 Å². The van der Waals surface area contributed by atoms with Gasteiger partial charge in [-0.05, 0) is 48.6 Å². The molecule has 1 unspecified atom stereocenters. The lowest BCUT2D eigenvalue weighted by atomic mass is 9.87. The minimum Gasteiger partial charge on any atom is -0.478 e. The quantitative estimate of drug-likeness (QED) is 0.895. The summed E-state index contributed by atoms with van der Waals surface area (Å²) >= 11 is 0. The molecule has 0 radical (unpaired) electrons. The van der Waals surface area contributed by atoms with Crippen LogP contribution in [0.5, 0.6) is 0 Å². The third-order valence-corrected chi connectivity index (χ3v) is 3.91. The molecule has 0 heterocycles. The summed E-state index contributed by atoms with van der Waals surface area (Å²) in [5.74, 6) is -1.48. The molecule has 108 valence electrons. The fraction of sp³-hybridized carbons (Fsp3) is 0.235. The van der Waals surface area contributed by atoms with Crippen molar-refractivity contribution in [2.24, 2.45) is 0 Å². The van der Waals surface area contributed by atoms with Gasteiger partial charge in [-0.1, -0.05) is 24.3 Å². The highest BCUT2D eigenvalue weighted by Gasteiger charge is 2.21. The van der Waals surface area contributed by atoms with Crippen LogP contribution in [0.4, 0.5) is 10.1 Å². The van der Waals surface area contributed by atoms with Crippen LogP contribution >= 0.6 is 0 Å². The Hall–Kier alpha value is -2.36. The van der Waals surface area contributed by atoms with Gasteiger partial charge in [0.15, 0.2) is 0 Å². The van der Waals surface area contributed by atoms with E-state index in [1.165, 1.54) is 29.3 Å². The molecule has 3 nitrogen and oxygen atoms in total. The molecule has 0 saturated heterocycles. The van der Waals surface area contributed by atoms with E-state index in [4.69, 9.17) is 5.11 Å². The zero-order valence-corrected chi connectivity index (χ0v) is 11.5. The topological polar surface area (TPSA) is 49.3 Å². The Kier molecular flexibility index (Phi) is 3.60. The highest BCUT2D eigenvalue weighted by molar-refractivity contribution is 5.88. The van der Waals surface area contributed by atoms with Crippen LogP contribution in [0.2, 0.25) is 0 Å². The van der Waals surface area contributed by atoms with E-state index in [1.54, 1.807) is 0 Å². The van der Waals surface area contributed by atoms with Gasteiger partial charge in [-0.25, -0.2) is 9.18 Å². The first kappa shape index (κ1) is 13.6. The smallest absolute Gasteiger partial charge is 0.335 e. The van der Waals surface area contributed by atoms with Gasteiger partial charge in [0, 0.05) is 0 Å². The van der Waals surface area contributed by atoms with Crippen LogP contribution in [0.3, 0.4) is 0 Å². The van der Waals surface area contributed by atoms with Gasteiger partial charge in [0.25, 0.3) is 0 Å². The second-order valence-corrected chi connectivity index (χ2v) is 5.29. The third kappa shape index (κ3) is 2.75. The fourth-order valence-electron chi connectivity index (χ4n) is 2.86. The van der Waals surface area contributed by atoms with Crippen molar-refractivity contribution in [3.8, 4) is 0 Å². The Morgan fingerprint density at radius 3 is 2.86 bits per heavy atom. The number of hydrogen-bond donors (Lipinski definition) is 2. The van der Waals surface area contributed by atoms with Crippen LogP contribution in [0, 0.1) is 5.82 Å². The molecule has 3 rings (SSSR count). The summed E-state index contributed by atoms with van der Waals surface area (Å²) in [4.78, 5) is 11.0. The van der Waals surface area contributed by atoms with Crippen LogP contribution < -0.4 is 5.32 Å². The molecule has 2 N–H and O–H groups in total. The van der Waals surface area contributed by atoms with Crippen LogP contribution in [-0.4, -0.2) is 11.1 Å². The van der Waals surface area contributed by atoms with Crippen molar-refractivity contribution in [2.75, 3.05) is 5.32 Å². The third-order valence-electron chi connectivity index (χ3n) is 3.91. The summed E-state index contributed by atoms with van der Waals surface area (Å²) in [6.45, 7) is 0. The number of halogens is 1. The summed E-state index contributed by atoms with van der Waals surface area (Å²) in [6, 6.07) is 12.0. The lowest BCUT2D eigenvalue weighted by Crippen LogP contribution is -2.18. The number of aromatic carboxylic acids is 1. The number of aryl methyl sites for hydroxylation is 1. The first-order valence-corrected chi connectivity index (χ1v) is 7.02. The van der Waals surface area contributed by atoms with Gasteiger partial charge in [0.05, 0.1) is 17.3 Å². The predicted molar refractivity (Wildman–Crippen MR) is 79.1 cm³/mol. The monoisotopic (exact) mass is 285 g/mol. The van der Waals surface area contributed by atoms with Gasteiger partial charge in [-0.3, -0.25) is 0 Å². The molecule has 0 fully saturated rings. The van der Waals surface area contributed by atoms with Crippen molar-refractivity contribution in [3.05, 3.63) is 65.0 Å². The molecular formula is C17H16FNO2. The van der Waals surface area contributed by atoms with Crippen molar-refractivity contribution >= 4 is 11.7 Å². The van der Waals surface area contributed by atoms with Gasteiger partial charge in [-0.15, -0.1) is 0 Å². The number of carboxylic acids is 1. The van der Waals surface area contributed by atoms with Crippen molar-refractivity contribution in [3.63, 3.8) is 0 Å². The minimum atomic E-state index is -1.05. The molecule has 21 heavy (non-hydrogen) atoms. The average Bonchev–Trinajstić information content (AvgIpc) is 2.49. The Morgan fingerprint density at radius 2 is 2.05 bits per heavy atom. The lowest BCUT2D eigenvalue weighted by Gasteiger charge is -2.27. The molecule has 0 aromatic heterocycles. The number of hydrogen-bond acceptors (Lipinski definition) is 2. The zero-order valence-electron chi connectivity index (χ0n) is 11.5. The van der Waals surface area contributed by atoms with Crippen LogP contribution in [-0.2, 0) is 6.42 Å². The number of nitrogens with one attached hydrogen (secondary N) is 1. The first-order valence-electron chi connectivity index (χ1n) is 7.02. The van der Waals surface area contributed by atoms with Crippen LogP contribution in [0.25, 0.3) is 0 Å². The molecule has 2 aromatic carbocycles. The van der Waals surface area contributed by atoms with Crippen molar-refractivity contribution < 1.29 is 14.3 Å². The predicted octanol–water partition coefficient (Wildman–Crippen LogP) is 4.01. The molecule has 0 saturated carbocycles. The number of anilines is 1. The maximum absolute atomic E-state index is 13.9. The largest absolute Gasteiger partial charge is 0.478 e. The van der Waals surface area contributed by atoms with E-state index >= 15 is 0 Å². The number of rotatable bonds is 3. The van der Waals surface area contributed by atoms with E-state index in [0.717, 1.165) is 19.3 Å². The van der Waals surface area contributed by atoms with Crippen molar-refractivity contribution in [2.45, 2.75) is 25.3 Å². The van der Waals surface area contributed by atoms with Crippen molar-refractivity contribution in [1.82, 2.24) is 0 Å². The number of carboxylic acid groups (broad SMARTS) is 1. The molecular weight excluding hydrogens is 269 g/mol. The Morgan fingerprint density at radius 1 is 1.24 bits per heavy atom. The number of benzene rings is 2. The van der Waals surface area contributed by atoms with Gasteiger partial charge < -0.3 is 10.4 Å². The second kappa shape index (κ2) is 5.56. The van der Waals surface area contributed by atoms with E-state index in [-0.39, 0.29) is 17.3 Å². The summed E-state index contributed by atoms with van der Waals surface area (Å²) in [6.07, 6.45) is 2.98. The molecule has 0 spiro atoms. The summed E-state index contributed by atoms with van der Waals surface area (Å²) in [5.41, 5.74) is 2.78. The molecule has 1 atom stereocenters. The Labute approximate surface area is 122 Å². The van der Waals surface area contributed by atoms with E-state index < -0.39 is 11.8 Å². The van der Waals surface area contributed by atoms with E-state index in [2.05, 4.69) is 11.4 Å².